The van der Waals surface area contributed by atoms with Crippen LogP contribution in [0.3, 0.4) is 0 Å². The van der Waals surface area contributed by atoms with E-state index in [0.717, 1.165) is 19.4 Å². The first kappa shape index (κ1) is 16.5. The SMILES string of the molecule is CC1CCNC(C(=O)Nc2c(Br)cc(Br)cc2C(=O)O)C1. The minimum Gasteiger partial charge on any atom is -0.478 e. The van der Waals surface area contributed by atoms with E-state index in [-0.39, 0.29) is 23.2 Å². The molecule has 0 saturated carbocycles. The molecule has 0 spiro atoms. The summed E-state index contributed by atoms with van der Waals surface area (Å²) in [6.07, 6.45) is 1.80. The lowest BCUT2D eigenvalue weighted by molar-refractivity contribution is -0.119. The first-order chi connectivity index (χ1) is 9.88. The van der Waals surface area contributed by atoms with E-state index < -0.39 is 5.97 Å². The summed E-state index contributed by atoms with van der Waals surface area (Å²) < 4.78 is 1.17. The molecule has 1 aliphatic rings. The highest BCUT2D eigenvalue weighted by Crippen LogP contribution is 2.31. The lowest BCUT2D eigenvalue weighted by atomic mass is 9.94. The molecule has 0 radical (unpaired) electrons. The van der Waals surface area contributed by atoms with Crippen molar-refractivity contribution in [2.75, 3.05) is 11.9 Å². The molecule has 1 fully saturated rings. The largest absolute Gasteiger partial charge is 0.478 e. The van der Waals surface area contributed by atoms with Crippen LogP contribution in [0.5, 0.6) is 0 Å². The van der Waals surface area contributed by atoms with E-state index in [9.17, 15) is 14.7 Å². The number of carboxylic acids is 1. The number of carboxylic acid groups (broad SMARTS) is 1. The quantitative estimate of drug-likeness (QED) is 0.702. The van der Waals surface area contributed by atoms with Gasteiger partial charge in [-0.3, -0.25) is 4.79 Å². The number of rotatable bonds is 3. The molecule has 1 amide bonds. The van der Waals surface area contributed by atoms with Crippen LogP contribution >= 0.6 is 31.9 Å². The van der Waals surface area contributed by atoms with Crippen molar-refractivity contribution in [2.45, 2.75) is 25.8 Å². The second-order valence-electron chi connectivity index (χ2n) is 5.24. The summed E-state index contributed by atoms with van der Waals surface area (Å²) in [6, 6.07) is 2.89. The van der Waals surface area contributed by atoms with Gasteiger partial charge < -0.3 is 15.7 Å². The predicted molar refractivity (Wildman–Crippen MR) is 87.6 cm³/mol. The number of piperidine rings is 1. The zero-order valence-electron chi connectivity index (χ0n) is 11.5. The zero-order chi connectivity index (χ0) is 15.6. The van der Waals surface area contributed by atoms with E-state index in [1.54, 1.807) is 6.07 Å². The fraction of sp³-hybridized carbons (Fsp3) is 0.429. The second kappa shape index (κ2) is 6.89. The number of hydrogen-bond donors (Lipinski definition) is 3. The minimum absolute atomic E-state index is 0.0495. The number of amides is 1. The Balaban J connectivity index is 2.22. The number of halogens is 2. The molecule has 2 unspecified atom stereocenters. The van der Waals surface area contributed by atoms with Gasteiger partial charge in [0.05, 0.1) is 17.3 Å². The van der Waals surface area contributed by atoms with Crippen molar-refractivity contribution in [2.24, 2.45) is 5.92 Å². The van der Waals surface area contributed by atoms with Gasteiger partial charge in [0.15, 0.2) is 0 Å². The molecular weight excluding hydrogens is 404 g/mol. The van der Waals surface area contributed by atoms with Gasteiger partial charge in [-0.2, -0.15) is 0 Å². The summed E-state index contributed by atoms with van der Waals surface area (Å²) in [5.74, 6) is -0.807. The molecule has 1 heterocycles. The van der Waals surface area contributed by atoms with Gasteiger partial charge >= 0.3 is 5.97 Å². The third kappa shape index (κ3) is 4.05. The molecule has 0 aliphatic carbocycles. The van der Waals surface area contributed by atoms with Gasteiger partial charge in [0.2, 0.25) is 5.91 Å². The van der Waals surface area contributed by atoms with E-state index in [4.69, 9.17) is 0 Å². The zero-order valence-corrected chi connectivity index (χ0v) is 14.6. The van der Waals surface area contributed by atoms with Gasteiger partial charge in [-0.1, -0.05) is 22.9 Å². The molecule has 1 aromatic rings. The average Bonchev–Trinajstić information content (AvgIpc) is 2.41. The Morgan fingerprint density at radius 2 is 2.10 bits per heavy atom. The Labute approximate surface area is 139 Å². The van der Waals surface area contributed by atoms with Crippen LogP contribution in [0.15, 0.2) is 21.1 Å². The van der Waals surface area contributed by atoms with Gasteiger partial charge in [0.25, 0.3) is 0 Å². The number of anilines is 1. The molecule has 2 atom stereocenters. The first-order valence-electron chi connectivity index (χ1n) is 6.65. The van der Waals surface area contributed by atoms with E-state index >= 15 is 0 Å². The van der Waals surface area contributed by atoms with Crippen LogP contribution in [0.2, 0.25) is 0 Å². The van der Waals surface area contributed by atoms with Crippen LogP contribution in [0, 0.1) is 5.92 Å². The number of aromatic carboxylic acids is 1. The van der Waals surface area contributed by atoms with Gasteiger partial charge in [0.1, 0.15) is 0 Å². The second-order valence-corrected chi connectivity index (χ2v) is 7.01. The van der Waals surface area contributed by atoms with Crippen molar-refractivity contribution in [1.82, 2.24) is 5.32 Å². The lowest BCUT2D eigenvalue weighted by Gasteiger charge is -2.27. The Morgan fingerprint density at radius 1 is 1.38 bits per heavy atom. The maximum absolute atomic E-state index is 12.3. The van der Waals surface area contributed by atoms with Crippen molar-refractivity contribution in [3.05, 3.63) is 26.6 Å². The summed E-state index contributed by atoms with van der Waals surface area (Å²) in [5.41, 5.74) is 0.337. The molecular formula is C14H16Br2N2O3. The van der Waals surface area contributed by atoms with Crippen molar-refractivity contribution in [3.8, 4) is 0 Å². The van der Waals surface area contributed by atoms with E-state index in [1.807, 2.05) is 0 Å². The molecule has 21 heavy (non-hydrogen) atoms. The van der Waals surface area contributed by atoms with Crippen LogP contribution in [-0.4, -0.2) is 29.6 Å². The van der Waals surface area contributed by atoms with Crippen LogP contribution in [0.1, 0.15) is 30.1 Å². The lowest BCUT2D eigenvalue weighted by Crippen LogP contribution is -2.45. The molecule has 2 rings (SSSR count). The number of nitrogens with one attached hydrogen (secondary N) is 2. The van der Waals surface area contributed by atoms with Gasteiger partial charge in [-0.25, -0.2) is 4.79 Å². The molecule has 7 heteroatoms. The van der Waals surface area contributed by atoms with Gasteiger partial charge in [0, 0.05) is 8.95 Å². The molecule has 0 bridgehead atoms. The maximum Gasteiger partial charge on any atom is 0.337 e. The predicted octanol–water partition coefficient (Wildman–Crippen LogP) is 3.24. The molecule has 1 aliphatic heterocycles. The number of carbonyl (C=O) groups is 2. The smallest absolute Gasteiger partial charge is 0.337 e. The summed E-state index contributed by atoms with van der Waals surface area (Å²) in [4.78, 5) is 23.7. The fourth-order valence-electron chi connectivity index (χ4n) is 2.39. The highest BCUT2D eigenvalue weighted by atomic mass is 79.9. The fourth-order valence-corrected chi connectivity index (χ4v) is 3.71. The monoisotopic (exact) mass is 418 g/mol. The minimum atomic E-state index is -1.09. The Morgan fingerprint density at radius 3 is 2.71 bits per heavy atom. The van der Waals surface area contributed by atoms with Crippen molar-refractivity contribution in [3.63, 3.8) is 0 Å². The number of benzene rings is 1. The number of hydrogen-bond acceptors (Lipinski definition) is 3. The van der Waals surface area contributed by atoms with Crippen LogP contribution in [0.25, 0.3) is 0 Å². The molecule has 1 saturated heterocycles. The Bertz CT molecular complexity index is 578. The highest BCUT2D eigenvalue weighted by Gasteiger charge is 2.26. The molecule has 5 nitrogen and oxygen atoms in total. The first-order valence-corrected chi connectivity index (χ1v) is 8.23. The van der Waals surface area contributed by atoms with Crippen LogP contribution < -0.4 is 10.6 Å². The Kier molecular flexibility index (Phi) is 5.40. The topological polar surface area (TPSA) is 78.4 Å². The standard InChI is InChI=1S/C14H16Br2N2O3/c1-7-2-3-17-11(4-7)13(19)18-12-9(14(20)21)5-8(15)6-10(12)16/h5-7,11,17H,2-4H2,1H3,(H,18,19)(H,20,21). The summed E-state index contributed by atoms with van der Waals surface area (Å²) in [5, 5.41) is 15.2. The third-order valence-electron chi connectivity index (χ3n) is 3.52. The highest BCUT2D eigenvalue weighted by molar-refractivity contribution is 9.11. The van der Waals surface area contributed by atoms with Crippen LogP contribution in [-0.2, 0) is 4.79 Å². The van der Waals surface area contributed by atoms with E-state index in [0.29, 0.717) is 14.9 Å². The van der Waals surface area contributed by atoms with Gasteiger partial charge in [-0.05, 0) is 53.4 Å². The van der Waals surface area contributed by atoms with Crippen molar-refractivity contribution >= 4 is 49.4 Å². The van der Waals surface area contributed by atoms with Crippen molar-refractivity contribution < 1.29 is 14.7 Å². The summed E-state index contributed by atoms with van der Waals surface area (Å²) >= 11 is 6.55. The number of carbonyl (C=O) groups excluding carboxylic acids is 1. The van der Waals surface area contributed by atoms with Gasteiger partial charge in [-0.15, -0.1) is 0 Å². The third-order valence-corrected chi connectivity index (χ3v) is 4.60. The molecule has 1 aromatic carbocycles. The van der Waals surface area contributed by atoms with E-state index in [1.165, 1.54) is 6.07 Å². The molecule has 114 valence electrons. The maximum atomic E-state index is 12.3. The summed E-state index contributed by atoms with van der Waals surface area (Å²) in [7, 11) is 0. The molecule has 3 N–H and O–H groups in total. The Hall–Kier alpha value is -0.920. The van der Waals surface area contributed by atoms with Crippen LogP contribution in [0.4, 0.5) is 5.69 Å². The molecule has 0 aromatic heterocycles. The van der Waals surface area contributed by atoms with E-state index in [2.05, 4.69) is 49.4 Å². The average molecular weight is 420 g/mol. The normalized spacial score (nSPS) is 21.9. The summed E-state index contributed by atoms with van der Waals surface area (Å²) in [6.45, 7) is 2.91. The van der Waals surface area contributed by atoms with Crippen molar-refractivity contribution in [1.29, 1.82) is 0 Å².